The van der Waals surface area contributed by atoms with E-state index in [1.54, 1.807) is 12.3 Å². The predicted molar refractivity (Wildman–Crippen MR) is 93.0 cm³/mol. The van der Waals surface area contributed by atoms with Crippen molar-refractivity contribution in [1.29, 1.82) is 0 Å². The van der Waals surface area contributed by atoms with Gasteiger partial charge in [0.1, 0.15) is 11.6 Å². The lowest BCUT2D eigenvalue weighted by Crippen LogP contribution is -2.47. The second kappa shape index (κ2) is 6.71. The Morgan fingerprint density at radius 3 is 2.64 bits per heavy atom. The average molecular weight is 338 g/mol. The summed E-state index contributed by atoms with van der Waals surface area (Å²) in [6.07, 6.45) is 3.38. The quantitative estimate of drug-likeness (QED) is 0.761. The van der Waals surface area contributed by atoms with Gasteiger partial charge in [0.25, 0.3) is 0 Å². The van der Waals surface area contributed by atoms with E-state index in [0.29, 0.717) is 17.6 Å². The minimum Gasteiger partial charge on any atom is -0.360 e. The zero-order valence-electron chi connectivity index (χ0n) is 13.8. The maximum atomic E-state index is 5.04. The van der Waals surface area contributed by atoms with E-state index in [1.807, 2.05) is 31.3 Å². The molecule has 0 radical (unpaired) electrons. The monoisotopic (exact) mass is 338 g/mol. The fourth-order valence-electron chi connectivity index (χ4n) is 2.72. The second-order valence-corrected chi connectivity index (χ2v) is 5.75. The lowest BCUT2D eigenvalue weighted by Gasteiger charge is -2.35. The molecule has 9 heteroatoms. The smallest absolute Gasteiger partial charge is 0.247 e. The third kappa shape index (κ3) is 3.49. The van der Waals surface area contributed by atoms with Gasteiger partial charge < -0.3 is 19.6 Å². The minimum absolute atomic E-state index is 0.588. The standard InChI is InChI=1S/C16H18N8O/c1-12-10-13(22-25-12)19-14-11-18-21-16(20-14)24-8-6-23(7-9-24)15-4-2-3-5-17-15/h2-5,10-11H,6-9H2,1H3,(H,19,20,21,22). The summed E-state index contributed by atoms with van der Waals surface area (Å²) in [5, 5.41) is 15.2. The number of hydrogen-bond donors (Lipinski definition) is 1. The number of nitrogens with zero attached hydrogens (tertiary/aromatic N) is 7. The topological polar surface area (TPSA) is 96.1 Å². The molecule has 0 saturated carbocycles. The summed E-state index contributed by atoms with van der Waals surface area (Å²) >= 11 is 0. The summed E-state index contributed by atoms with van der Waals surface area (Å²) in [5.41, 5.74) is 0. The number of aryl methyl sites for hydroxylation is 1. The summed E-state index contributed by atoms with van der Waals surface area (Å²) in [6, 6.07) is 7.75. The molecule has 0 spiro atoms. The van der Waals surface area contributed by atoms with Crippen LogP contribution in [0.5, 0.6) is 0 Å². The van der Waals surface area contributed by atoms with Crippen molar-refractivity contribution < 1.29 is 4.52 Å². The van der Waals surface area contributed by atoms with Crippen LogP contribution in [0.1, 0.15) is 5.76 Å². The van der Waals surface area contributed by atoms with Gasteiger partial charge in [0.2, 0.25) is 5.95 Å². The summed E-state index contributed by atoms with van der Waals surface area (Å²) in [4.78, 5) is 13.3. The van der Waals surface area contributed by atoms with E-state index >= 15 is 0 Å². The van der Waals surface area contributed by atoms with Gasteiger partial charge in [-0.1, -0.05) is 11.2 Å². The van der Waals surface area contributed by atoms with E-state index in [-0.39, 0.29) is 0 Å². The van der Waals surface area contributed by atoms with Crippen LogP contribution < -0.4 is 15.1 Å². The molecule has 1 saturated heterocycles. The molecule has 4 rings (SSSR count). The summed E-state index contributed by atoms with van der Waals surface area (Å²) in [6.45, 7) is 5.18. The van der Waals surface area contributed by atoms with E-state index < -0.39 is 0 Å². The van der Waals surface area contributed by atoms with Gasteiger partial charge >= 0.3 is 0 Å². The van der Waals surface area contributed by atoms with Crippen LogP contribution in [0.15, 0.2) is 41.2 Å². The van der Waals surface area contributed by atoms with Gasteiger partial charge in [-0.3, -0.25) is 0 Å². The first kappa shape index (κ1) is 15.3. The van der Waals surface area contributed by atoms with E-state index in [2.05, 4.69) is 40.4 Å². The molecule has 0 bridgehead atoms. The van der Waals surface area contributed by atoms with Gasteiger partial charge in [-0.05, 0) is 19.1 Å². The van der Waals surface area contributed by atoms with Crippen LogP contribution in [0.4, 0.5) is 23.4 Å². The average Bonchev–Trinajstić information content (AvgIpc) is 3.07. The highest BCUT2D eigenvalue weighted by molar-refractivity contribution is 5.52. The zero-order chi connectivity index (χ0) is 17.1. The van der Waals surface area contributed by atoms with Crippen molar-refractivity contribution in [2.45, 2.75) is 6.92 Å². The molecule has 1 aliphatic heterocycles. The summed E-state index contributed by atoms with van der Waals surface area (Å²) in [7, 11) is 0. The molecular weight excluding hydrogens is 320 g/mol. The Kier molecular flexibility index (Phi) is 4.11. The maximum Gasteiger partial charge on any atom is 0.247 e. The minimum atomic E-state index is 0.588. The van der Waals surface area contributed by atoms with Crippen LogP contribution >= 0.6 is 0 Å². The first-order valence-corrected chi connectivity index (χ1v) is 8.09. The molecule has 128 valence electrons. The lowest BCUT2D eigenvalue weighted by molar-refractivity contribution is 0.400. The molecule has 0 unspecified atom stereocenters. The first-order chi connectivity index (χ1) is 12.3. The molecule has 1 aliphatic rings. The molecular formula is C16H18N8O. The molecule has 0 aliphatic carbocycles. The molecule has 0 aromatic carbocycles. The van der Waals surface area contributed by atoms with Crippen LogP contribution in [0.2, 0.25) is 0 Å². The van der Waals surface area contributed by atoms with E-state index in [4.69, 9.17) is 4.52 Å². The molecule has 9 nitrogen and oxygen atoms in total. The number of piperazine rings is 1. The van der Waals surface area contributed by atoms with Crippen molar-refractivity contribution in [2.75, 3.05) is 41.3 Å². The number of nitrogens with one attached hydrogen (secondary N) is 1. The van der Waals surface area contributed by atoms with E-state index in [1.165, 1.54) is 0 Å². The Hall–Kier alpha value is -3.23. The predicted octanol–water partition coefficient (Wildman–Crippen LogP) is 1.63. The Labute approximate surface area is 144 Å². The number of rotatable bonds is 4. The van der Waals surface area contributed by atoms with Gasteiger partial charge in [0.05, 0.1) is 6.20 Å². The number of anilines is 4. The Morgan fingerprint density at radius 2 is 1.92 bits per heavy atom. The van der Waals surface area contributed by atoms with Crippen molar-refractivity contribution in [2.24, 2.45) is 0 Å². The molecule has 1 fully saturated rings. The molecule has 0 amide bonds. The van der Waals surface area contributed by atoms with E-state index in [0.717, 1.165) is 37.8 Å². The molecule has 25 heavy (non-hydrogen) atoms. The molecule has 4 heterocycles. The summed E-state index contributed by atoms with van der Waals surface area (Å²) in [5.74, 6) is 3.52. The molecule has 3 aromatic heterocycles. The highest BCUT2D eigenvalue weighted by Crippen LogP contribution is 2.18. The van der Waals surface area contributed by atoms with Gasteiger partial charge in [0.15, 0.2) is 11.6 Å². The highest BCUT2D eigenvalue weighted by atomic mass is 16.5. The number of aromatic nitrogens is 5. The number of pyridine rings is 1. The van der Waals surface area contributed by atoms with Gasteiger partial charge in [-0.25, -0.2) is 4.98 Å². The van der Waals surface area contributed by atoms with E-state index in [9.17, 15) is 0 Å². The third-order valence-corrected chi connectivity index (χ3v) is 3.97. The van der Waals surface area contributed by atoms with Crippen LogP contribution in [0.25, 0.3) is 0 Å². The van der Waals surface area contributed by atoms with Crippen molar-refractivity contribution in [1.82, 2.24) is 25.3 Å². The summed E-state index contributed by atoms with van der Waals surface area (Å²) < 4.78 is 5.04. The Balaban J connectivity index is 1.42. The highest BCUT2D eigenvalue weighted by Gasteiger charge is 2.20. The zero-order valence-corrected chi connectivity index (χ0v) is 13.8. The largest absolute Gasteiger partial charge is 0.360 e. The van der Waals surface area contributed by atoms with Gasteiger partial charge in [-0.15, -0.1) is 5.10 Å². The van der Waals surface area contributed by atoms with Crippen molar-refractivity contribution >= 4 is 23.4 Å². The van der Waals surface area contributed by atoms with Crippen molar-refractivity contribution in [3.63, 3.8) is 0 Å². The normalized spacial score (nSPS) is 14.6. The maximum absolute atomic E-state index is 5.04. The number of hydrogen-bond acceptors (Lipinski definition) is 9. The molecule has 0 atom stereocenters. The fraction of sp³-hybridized carbons (Fsp3) is 0.312. The van der Waals surface area contributed by atoms with Crippen molar-refractivity contribution in [3.8, 4) is 0 Å². The second-order valence-electron chi connectivity index (χ2n) is 5.75. The third-order valence-electron chi connectivity index (χ3n) is 3.97. The fourth-order valence-corrected chi connectivity index (χ4v) is 2.72. The van der Waals surface area contributed by atoms with Gasteiger partial charge in [0, 0.05) is 38.4 Å². The Morgan fingerprint density at radius 1 is 1.08 bits per heavy atom. The van der Waals surface area contributed by atoms with Gasteiger partial charge in [-0.2, -0.15) is 10.1 Å². The van der Waals surface area contributed by atoms with Crippen LogP contribution in [-0.4, -0.2) is 51.5 Å². The van der Waals surface area contributed by atoms with Crippen molar-refractivity contribution in [3.05, 3.63) is 42.4 Å². The Bertz CT molecular complexity index is 829. The lowest BCUT2D eigenvalue weighted by atomic mass is 10.3. The van der Waals surface area contributed by atoms with Crippen LogP contribution in [0, 0.1) is 6.92 Å². The molecule has 3 aromatic rings. The SMILES string of the molecule is Cc1cc(Nc2cnnc(N3CCN(c4ccccn4)CC3)n2)no1. The molecule has 1 N–H and O–H groups in total. The van der Waals surface area contributed by atoms with Crippen LogP contribution in [0.3, 0.4) is 0 Å². The first-order valence-electron chi connectivity index (χ1n) is 8.09. The van der Waals surface area contributed by atoms with Crippen LogP contribution in [-0.2, 0) is 0 Å².